The van der Waals surface area contributed by atoms with E-state index >= 15 is 0 Å². The highest BCUT2D eigenvalue weighted by Crippen LogP contribution is 2.39. The highest BCUT2D eigenvalue weighted by molar-refractivity contribution is 5.58. The molecule has 0 aromatic carbocycles. The molecule has 0 saturated carbocycles. The lowest BCUT2D eigenvalue weighted by Crippen LogP contribution is -2.26. The Labute approximate surface area is 103 Å². The van der Waals surface area contributed by atoms with Crippen LogP contribution < -0.4 is 4.90 Å². The van der Waals surface area contributed by atoms with Crippen molar-refractivity contribution in [1.82, 2.24) is 4.98 Å². The van der Waals surface area contributed by atoms with Crippen molar-refractivity contribution in [2.24, 2.45) is 5.41 Å². The van der Waals surface area contributed by atoms with Crippen LogP contribution in [0.25, 0.3) is 0 Å². The van der Waals surface area contributed by atoms with Crippen molar-refractivity contribution >= 4 is 5.69 Å². The van der Waals surface area contributed by atoms with E-state index in [9.17, 15) is 0 Å². The van der Waals surface area contributed by atoms with Crippen molar-refractivity contribution in [2.45, 2.75) is 33.1 Å². The Morgan fingerprint density at radius 1 is 1.47 bits per heavy atom. The summed E-state index contributed by atoms with van der Waals surface area (Å²) < 4.78 is 0. The third-order valence-corrected chi connectivity index (χ3v) is 4.20. The molecule has 0 N–H and O–H groups in total. The smallest absolute Gasteiger partial charge is 0.101 e. The number of pyridine rings is 1. The van der Waals surface area contributed by atoms with Gasteiger partial charge in [-0.25, -0.2) is 0 Å². The molecule has 1 saturated heterocycles. The molecule has 0 atom stereocenters. The van der Waals surface area contributed by atoms with Gasteiger partial charge in [-0.05, 0) is 30.7 Å². The fourth-order valence-corrected chi connectivity index (χ4v) is 2.70. The first-order chi connectivity index (χ1) is 8.24. The van der Waals surface area contributed by atoms with E-state index in [0.29, 0.717) is 5.41 Å². The van der Waals surface area contributed by atoms with Crippen LogP contribution in [0.5, 0.6) is 0 Å². The van der Waals surface area contributed by atoms with Crippen LogP contribution in [0.2, 0.25) is 0 Å². The molecule has 0 amide bonds. The van der Waals surface area contributed by atoms with Gasteiger partial charge >= 0.3 is 0 Å². The van der Waals surface area contributed by atoms with Gasteiger partial charge in [-0.3, -0.25) is 4.98 Å². The summed E-state index contributed by atoms with van der Waals surface area (Å²) in [6.07, 6.45) is 7.15. The number of aromatic nitrogens is 1. The molecular weight excluding hydrogens is 210 g/mol. The van der Waals surface area contributed by atoms with Gasteiger partial charge in [0.05, 0.1) is 17.4 Å². The number of rotatable bonds is 3. The summed E-state index contributed by atoms with van der Waals surface area (Å²) in [5, 5.41) is 9.12. The summed E-state index contributed by atoms with van der Waals surface area (Å²) in [7, 11) is 0. The Bertz CT molecular complexity index is 429. The summed E-state index contributed by atoms with van der Waals surface area (Å²) in [5.74, 6) is 0. The number of nitriles is 1. The number of anilines is 1. The lowest BCUT2D eigenvalue weighted by molar-refractivity contribution is 0.301. The molecule has 17 heavy (non-hydrogen) atoms. The Hall–Kier alpha value is -1.56. The minimum absolute atomic E-state index is 0.433. The van der Waals surface area contributed by atoms with E-state index in [-0.39, 0.29) is 0 Å². The van der Waals surface area contributed by atoms with Gasteiger partial charge < -0.3 is 4.90 Å². The van der Waals surface area contributed by atoms with Gasteiger partial charge in [-0.1, -0.05) is 13.8 Å². The molecule has 1 aromatic rings. The van der Waals surface area contributed by atoms with Crippen molar-refractivity contribution in [3.63, 3.8) is 0 Å². The molecule has 1 aromatic heterocycles. The molecule has 1 fully saturated rings. The minimum atomic E-state index is 0.433. The molecule has 3 heteroatoms. The predicted molar refractivity (Wildman–Crippen MR) is 68.8 cm³/mol. The summed E-state index contributed by atoms with van der Waals surface area (Å²) >= 11 is 0. The van der Waals surface area contributed by atoms with E-state index in [1.165, 1.54) is 19.3 Å². The normalized spacial score (nSPS) is 18.1. The maximum atomic E-state index is 9.12. The average molecular weight is 229 g/mol. The van der Waals surface area contributed by atoms with Crippen LogP contribution in [-0.2, 0) is 0 Å². The molecule has 1 aliphatic heterocycles. The molecule has 1 aliphatic rings. The average Bonchev–Trinajstić information content (AvgIpc) is 2.83. The number of hydrogen-bond donors (Lipinski definition) is 0. The zero-order chi connectivity index (χ0) is 12.3. The van der Waals surface area contributed by atoms with Crippen LogP contribution in [0.4, 0.5) is 5.69 Å². The van der Waals surface area contributed by atoms with Crippen molar-refractivity contribution in [3.05, 3.63) is 24.0 Å². The Morgan fingerprint density at radius 2 is 2.24 bits per heavy atom. The van der Waals surface area contributed by atoms with Gasteiger partial charge in [-0.15, -0.1) is 0 Å². The van der Waals surface area contributed by atoms with E-state index in [2.05, 4.69) is 29.8 Å². The topological polar surface area (TPSA) is 39.9 Å². The van der Waals surface area contributed by atoms with Gasteiger partial charge in [0.2, 0.25) is 0 Å². The molecule has 0 bridgehead atoms. The fraction of sp³-hybridized carbons (Fsp3) is 0.571. The Balaban J connectivity index is 2.24. The van der Waals surface area contributed by atoms with Crippen LogP contribution in [0.1, 0.15) is 38.7 Å². The monoisotopic (exact) mass is 229 g/mol. The molecule has 3 nitrogen and oxygen atoms in total. The summed E-state index contributed by atoms with van der Waals surface area (Å²) in [5.41, 5.74) is 2.17. The van der Waals surface area contributed by atoms with Crippen molar-refractivity contribution < 1.29 is 0 Å². The van der Waals surface area contributed by atoms with Gasteiger partial charge in [-0.2, -0.15) is 5.26 Å². The first-order valence-corrected chi connectivity index (χ1v) is 6.34. The van der Waals surface area contributed by atoms with Gasteiger partial charge in [0.25, 0.3) is 0 Å². The quantitative estimate of drug-likeness (QED) is 0.800. The molecule has 90 valence electrons. The zero-order valence-electron chi connectivity index (χ0n) is 10.6. The van der Waals surface area contributed by atoms with E-state index in [0.717, 1.165) is 24.3 Å². The summed E-state index contributed by atoms with van der Waals surface area (Å²) in [6, 6.07) is 4.05. The predicted octanol–water partition coefficient (Wildman–Crippen LogP) is 2.97. The Morgan fingerprint density at radius 3 is 2.82 bits per heavy atom. The number of hydrogen-bond acceptors (Lipinski definition) is 3. The largest absolute Gasteiger partial charge is 0.369 e. The van der Waals surface area contributed by atoms with Crippen LogP contribution in [0.15, 0.2) is 18.5 Å². The molecular formula is C14H19N3. The second-order valence-electron chi connectivity index (χ2n) is 4.88. The third kappa shape index (κ3) is 2.12. The second-order valence-corrected chi connectivity index (χ2v) is 4.88. The molecule has 0 spiro atoms. The SMILES string of the molecule is CCC1(CC)CCN(c2cnccc2C#N)C1. The lowest BCUT2D eigenvalue weighted by Gasteiger charge is -2.27. The van der Waals surface area contributed by atoms with E-state index in [1.54, 1.807) is 12.3 Å². The van der Waals surface area contributed by atoms with Crippen LogP contribution in [-0.4, -0.2) is 18.1 Å². The molecule has 0 radical (unpaired) electrons. The highest BCUT2D eigenvalue weighted by Gasteiger charge is 2.35. The molecule has 0 aliphatic carbocycles. The minimum Gasteiger partial charge on any atom is -0.369 e. The van der Waals surface area contributed by atoms with E-state index in [1.807, 2.05) is 6.20 Å². The van der Waals surface area contributed by atoms with Gasteiger partial charge in [0.15, 0.2) is 0 Å². The van der Waals surface area contributed by atoms with Crippen LogP contribution in [0.3, 0.4) is 0 Å². The second kappa shape index (κ2) is 4.75. The Kier molecular flexibility index (Phi) is 3.33. The van der Waals surface area contributed by atoms with Crippen molar-refractivity contribution in [1.29, 1.82) is 5.26 Å². The van der Waals surface area contributed by atoms with Gasteiger partial charge in [0, 0.05) is 19.3 Å². The van der Waals surface area contributed by atoms with Crippen molar-refractivity contribution in [3.8, 4) is 6.07 Å². The number of nitrogens with zero attached hydrogens (tertiary/aromatic N) is 3. The van der Waals surface area contributed by atoms with Crippen LogP contribution in [0, 0.1) is 16.7 Å². The summed E-state index contributed by atoms with van der Waals surface area (Å²) in [6.45, 7) is 6.63. The van der Waals surface area contributed by atoms with Crippen LogP contribution >= 0.6 is 0 Å². The molecule has 2 heterocycles. The summed E-state index contributed by atoms with van der Waals surface area (Å²) in [4.78, 5) is 6.46. The highest BCUT2D eigenvalue weighted by atomic mass is 15.2. The first-order valence-electron chi connectivity index (χ1n) is 6.34. The van der Waals surface area contributed by atoms with E-state index < -0.39 is 0 Å². The molecule has 0 unspecified atom stereocenters. The third-order valence-electron chi connectivity index (χ3n) is 4.20. The first kappa shape index (κ1) is 11.9. The standard InChI is InChI=1S/C14H19N3/c1-3-14(4-2)6-8-17(11-14)13-10-16-7-5-12(13)9-15/h5,7,10H,3-4,6,8,11H2,1-2H3. The van der Waals surface area contributed by atoms with Crippen molar-refractivity contribution in [2.75, 3.05) is 18.0 Å². The van der Waals surface area contributed by atoms with E-state index in [4.69, 9.17) is 5.26 Å². The zero-order valence-corrected chi connectivity index (χ0v) is 10.6. The fourth-order valence-electron chi connectivity index (χ4n) is 2.70. The molecule has 2 rings (SSSR count). The maximum absolute atomic E-state index is 9.12. The van der Waals surface area contributed by atoms with Gasteiger partial charge in [0.1, 0.15) is 6.07 Å². The maximum Gasteiger partial charge on any atom is 0.101 e. The lowest BCUT2D eigenvalue weighted by atomic mass is 9.82.